The Morgan fingerprint density at radius 3 is 2.60 bits per heavy atom. The minimum atomic E-state index is -0.259. The topological polar surface area (TPSA) is 87.7 Å². The Bertz CT molecular complexity index is 1190. The first kappa shape index (κ1) is 19.6. The third-order valence-electron chi connectivity index (χ3n) is 4.34. The van der Waals surface area contributed by atoms with Crippen molar-refractivity contribution in [2.75, 3.05) is 5.32 Å². The summed E-state index contributed by atoms with van der Waals surface area (Å²) in [6.45, 7) is 0. The molecule has 6 nitrogen and oxygen atoms in total. The lowest BCUT2D eigenvalue weighted by atomic mass is 10.1. The number of amides is 1. The normalized spacial score (nSPS) is 10.5. The van der Waals surface area contributed by atoms with Crippen LogP contribution in [0.4, 0.5) is 5.69 Å². The van der Waals surface area contributed by atoms with Crippen LogP contribution in [0.25, 0.3) is 11.3 Å². The third kappa shape index (κ3) is 5.01. The quantitative estimate of drug-likeness (QED) is 0.457. The van der Waals surface area contributed by atoms with Crippen LogP contribution in [0, 0.1) is 0 Å². The van der Waals surface area contributed by atoms with E-state index in [4.69, 9.17) is 0 Å². The number of hydrogen-bond donors (Lipinski definition) is 2. The van der Waals surface area contributed by atoms with Gasteiger partial charge in [-0.1, -0.05) is 18.2 Å². The van der Waals surface area contributed by atoms with E-state index in [1.165, 1.54) is 6.07 Å². The zero-order chi connectivity index (χ0) is 20.8. The number of hydrogen-bond acceptors (Lipinski definition) is 5. The molecule has 0 saturated carbocycles. The van der Waals surface area contributed by atoms with Gasteiger partial charge >= 0.3 is 0 Å². The third-order valence-corrected chi connectivity index (χ3v) is 5.42. The number of aromatic amines is 1. The lowest BCUT2D eigenvalue weighted by Crippen LogP contribution is -2.11. The van der Waals surface area contributed by atoms with E-state index in [2.05, 4.69) is 20.5 Å². The van der Waals surface area contributed by atoms with Gasteiger partial charge in [0.1, 0.15) is 0 Å². The van der Waals surface area contributed by atoms with Crippen molar-refractivity contribution < 1.29 is 4.79 Å². The fraction of sp³-hybridized carbons (Fsp3) is 0.0435. The van der Waals surface area contributed by atoms with E-state index in [-0.39, 0.29) is 11.5 Å². The van der Waals surface area contributed by atoms with Crippen molar-refractivity contribution in [2.24, 2.45) is 0 Å². The van der Waals surface area contributed by atoms with E-state index >= 15 is 0 Å². The molecule has 7 heteroatoms. The summed E-state index contributed by atoms with van der Waals surface area (Å²) in [5, 5.41) is 9.33. The Morgan fingerprint density at radius 2 is 1.87 bits per heavy atom. The number of pyridine rings is 1. The highest BCUT2D eigenvalue weighted by Gasteiger charge is 2.08. The largest absolute Gasteiger partial charge is 0.322 e. The lowest BCUT2D eigenvalue weighted by Gasteiger charge is -2.08. The maximum Gasteiger partial charge on any atom is 0.264 e. The molecule has 0 spiro atoms. The molecule has 30 heavy (non-hydrogen) atoms. The van der Waals surface area contributed by atoms with Crippen molar-refractivity contribution in [2.45, 2.75) is 10.6 Å². The molecule has 0 fully saturated rings. The number of H-pyrrole nitrogens is 1. The molecule has 0 bridgehead atoms. The van der Waals surface area contributed by atoms with Crippen molar-refractivity contribution >= 4 is 23.4 Å². The Labute approximate surface area is 177 Å². The highest BCUT2D eigenvalue weighted by molar-refractivity contribution is 7.98. The number of benzene rings is 2. The average molecular weight is 414 g/mol. The summed E-state index contributed by atoms with van der Waals surface area (Å²) < 4.78 is 0. The molecule has 2 aromatic carbocycles. The second kappa shape index (κ2) is 9.19. The van der Waals surface area contributed by atoms with Crippen LogP contribution >= 0.6 is 11.8 Å². The predicted octanol–water partition coefficient (Wildman–Crippen LogP) is 4.38. The molecule has 4 aromatic rings. The molecule has 0 unspecified atom stereocenters. The fourth-order valence-electron chi connectivity index (χ4n) is 2.82. The van der Waals surface area contributed by atoms with Gasteiger partial charge in [0.25, 0.3) is 11.5 Å². The monoisotopic (exact) mass is 414 g/mol. The standard InChI is InChI=1S/C23H18N4O2S/c28-22-11-10-21(26-27-22)18-4-1-5-19(13-18)25-23(29)17-6-8-20(9-7-17)30-15-16-3-2-12-24-14-16/h1-14H,15H2,(H,25,29)(H,27,28). The highest BCUT2D eigenvalue weighted by Crippen LogP contribution is 2.24. The maximum absolute atomic E-state index is 12.6. The molecule has 2 aromatic heterocycles. The van der Waals surface area contributed by atoms with Crippen molar-refractivity contribution in [3.63, 3.8) is 0 Å². The SMILES string of the molecule is O=C(Nc1cccc(-c2ccc(=O)[nH]n2)c1)c1ccc(SCc2cccnc2)cc1. The molecule has 148 valence electrons. The van der Waals surface area contributed by atoms with Crippen LogP contribution < -0.4 is 10.9 Å². The summed E-state index contributed by atoms with van der Waals surface area (Å²) in [6, 6.07) is 21.9. The maximum atomic E-state index is 12.6. The summed E-state index contributed by atoms with van der Waals surface area (Å²) >= 11 is 1.69. The molecule has 2 N–H and O–H groups in total. The van der Waals surface area contributed by atoms with Crippen LogP contribution in [0.3, 0.4) is 0 Å². The van der Waals surface area contributed by atoms with Crippen LogP contribution in [0.1, 0.15) is 15.9 Å². The molecule has 0 radical (unpaired) electrons. The minimum Gasteiger partial charge on any atom is -0.322 e. The van der Waals surface area contributed by atoms with Gasteiger partial charge in [-0.25, -0.2) is 5.10 Å². The smallest absolute Gasteiger partial charge is 0.264 e. The molecular weight excluding hydrogens is 396 g/mol. The predicted molar refractivity (Wildman–Crippen MR) is 118 cm³/mol. The van der Waals surface area contributed by atoms with Gasteiger partial charge in [0.15, 0.2) is 0 Å². The van der Waals surface area contributed by atoms with Crippen LogP contribution in [-0.2, 0) is 5.75 Å². The number of carbonyl (C=O) groups is 1. The molecule has 1 amide bonds. The molecule has 0 saturated heterocycles. The number of nitrogens with zero attached hydrogens (tertiary/aromatic N) is 2. The summed E-state index contributed by atoms with van der Waals surface area (Å²) in [5.41, 5.74) is 3.55. The Morgan fingerprint density at radius 1 is 1.00 bits per heavy atom. The number of aromatic nitrogens is 3. The van der Waals surface area contributed by atoms with Crippen LogP contribution in [0.15, 0.2) is 94.9 Å². The van der Waals surface area contributed by atoms with Gasteiger partial charge in [-0.2, -0.15) is 5.10 Å². The molecule has 0 aliphatic carbocycles. The van der Waals surface area contributed by atoms with E-state index in [1.54, 1.807) is 24.0 Å². The van der Waals surface area contributed by atoms with Gasteiger partial charge in [0, 0.05) is 45.9 Å². The van der Waals surface area contributed by atoms with Gasteiger partial charge in [-0.05, 0) is 54.1 Å². The van der Waals surface area contributed by atoms with E-state index < -0.39 is 0 Å². The molecular formula is C23H18N4O2S. The molecule has 0 aliphatic rings. The Kier molecular flexibility index (Phi) is 6.01. The molecule has 2 heterocycles. The van der Waals surface area contributed by atoms with E-state index in [9.17, 15) is 9.59 Å². The number of thioether (sulfide) groups is 1. The summed E-state index contributed by atoms with van der Waals surface area (Å²) in [7, 11) is 0. The van der Waals surface area contributed by atoms with Gasteiger partial charge < -0.3 is 5.32 Å². The van der Waals surface area contributed by atoms with E-state index in [0.29, 0.717) is 16.9 Å². The minimum absolute atomic E-state index is 0.189. The first-order valence-corrected chi connectivity index (χ1v) is 10.3. The van der Waals surface area contributed by atoms with Crippen molar-refractivity contribution in [1.29, 1.82) is 0 Å². The molecule has 0 aliphatic heterocycles. The highest BCUT2D eigenvalue weighted by atomic mass is 32.2. The average Bonchev–Trinajstić information content (AvgIpc) is 2.79. The van der Waals surface area contributed by atoms with Crippen molar-refractivity contribution in [3.05, 3.63) is 107 Å². The van der Waals surface area contributed by atoms with Crippen LogP contribution in [-0.4, -0.2) is 21.1 Å². The first-order valence-electron chi connectivity index (χ1n) is 9.27. The zero-order valence-electron chi connectivity index (χ0n) is 15.9. The van der Waals surface area contributed by atoms with Crippen LogP contribution in [0.2, 0.25) is 0 Å². The number of carbonyl (C=O) groups excluding carboxylic acids is 1. The van der Waals surface area contributed by atoms with E-state index in [1.807, 2.05) is 66.9 Å². The second-order valence-electron chi connectivity index (χ2n) is 6.52. The van der Waals surface area contributed by atoms with Crippen molar-refractivity contribution in [3.8, 4) is 11.3 Å². The Balaban J connectivity index is 1.40. The Hall–Kier alpha value is -3.71. The number of anilines is 1. The summed E-state index contributed by atoms with van der Waals surface area (Å²) in [4.78, 5) is 29.0. The van der Waals surface area contributed by atoms with Gasteiger partial charge in [-0.3, -0.25) is 14.6 Å². The number of rotatable bonds is 6. The molecule has 0 atom stereocenters. The van der Waals surface area contributed by atoms with Gasteiger partial charge in [0.2, 0.25) is 0 Å². The van der Waals surface area contributed by atoms with Crippen LogP contribution in [0.5, 0.6) is 0 Å². The fourth-order valence-corrected chi connectivity index (χ4v) is 3.65. The van der Waals surface area contributed by atoms with Gasteiger partial charge in [-0.15, -0.1) is 11.8 Å². The summed E-state index contributed by atoms with van der Waals surface area (Å²) in [5.74, 6) is 0.635. The lowest BCUT2D eigenvalue weighted by molar-refractivity contribution is 0.102. The zero-order valence-corrected chi connectivity index (χ0v) is 16.7. The number of nitrogens with one attached hydrogen (secondary N) is 2. The second-order valence-corrected chi connectivity index (χ2v) is 7.56. The first-order chi connectivity index (χ1) is 14.7. The van der Waals surface area contributed by atoms with Crippen molar-refractivity contribution in [1.82, 2.24) is 15.2 Å². The van der Waals surface area contributed by atoms with Gasteiger partial charge in [0.05, 0.1) is 5.69 Å². The summed E-state index contributed by atoms with van der Waals surface area (Å²) in [6.07, 6.45) is 3.61. The molecule has 4 rings (SSSR count). The van der Waals surface area contributed by atoms with E-state index in [0.717, 1.165) is 21.8 Å².